The van der Waals surface area contributed by atoms with Crippen LogP contribution in [0.5, 0.6) is 0 Å². The van der Waals surface area contributed by atoms with Crippen LogP contribution in [0, 0.1) is 5.41 Å². The zero-order valence-corrected chi connectivity index (χ0v) is 13.9. The molecule has 1 aliphatic heterocycles. The van der Waals surface area contributed by atoms with Gasteiger partial charge in [-0.2, -0.15) is 0 Å². The molecule has 18 heavy (non-hydrogen) atoms. The van der Waals surface area contributed by atoms with Crippen molar-refractivity contribution in [2.24, 2.45) is 5.41 Å². The van der Waals surface area contributed by atoms with Crippen molar-refractivity contribution in [1.82, 2.24) is 0 Å². The molecule has 1 nitrogen and oxygen atoms in total. The van der Waals surface area contributed by atoms with Gasteiger partial charge in [0.2, 0.25) is 0 Å². The largest absolute Gasteiger partial charge is 0.372 e. The zero-order chi connectivity index (χ0) is 13.2. The molecule has 1 spiro atoms. The molecule has 2 unspecified atom stereocenters. The summed E-state index contributed by atoms with van der Waals surface area (Å²) in [5.41, 5.74) is 0.700. The van der Waals surface area contributed by atoms with E-state index in [4.69, 9.17) is 4.74 Å². The highest BCUT2D eigenvalue weighted by Gasteiger charge is 2.41. The lowest BCUT2D eigenvalue weighted by molar-refractivity contribution is -0.0396. The molecule has 1 aliphatic carbocycles. The Hall–Kier alpha value is 0.440. The van der Waals surface area contributed by atoms with Crippen LogP contribution in [0.15, 0.2) is 0 Å². The molecule has 2 heteroatoms. The van der Waals surface area contributed by atoms with E-state index in [2.05, 4.69) is 36.7 Å². The molecule has 0 amide bonds. The van der Waals surface area contributed by atoms with Crippen LogP contribution < -0.4 is 0 Å². The van der Waals surface area contributed by atoms with Crippen LogP contribution in [0.25, 0.3) is 0 Å². The van der Waals surface area contributed by atoms with E-state index in [9.17, 15) is 0 Å². The van der Waals surface area contributed by atoms with E-state index in [1.165, 1.54) is 57.8 Å². The zero-order valence-electron chi connectivity index (χ0n) is 12.3. The lowest BCUT2D eigenvalue weighted by Gasteiger charge is -2.26. The summed E-state index contributed by atoms with van der Waals surface area (Å²) in [5, 5.41) is 0. The van der Waals surface area contributed by atoms with Crippen LogP contribution in [0.1, 0.15) is 78.6 Å². The number of rotatable bonds is 4. The van der Waals surface area contributed by atoms with Gasteiger partial charge in [-0.3, -0.25) is 0 Å². The Morgan fingerprint density at radius 2 is 1.89 bits per heavy atom. The third-order valence-corrected chi connectivity index (χ3v) is 6.61. The van der Waals surface area contributed by atoms with Crippen molar-refractivity contribution >= 4 is 15.9 Å². The van der Waals surface area contributed by atoms with Crippen LogP contribution in [0.4, 0.5) is 0 Å². The van der Waals surface area contributed by atoms with Crippen molar-refractivity contribution in [3.8, 4) is 0 Å². The van der Waals surface area contributed by atoms with Crippen LogP contribution >= 0.6 is 15.9 Å². The summed E-state index contributed by atoms with van der Waals surface area (Å²) >= 11 is 3.83. The third-order valence-electron chi connectivity index (χ3n) is 4.78. The van der Waals surface area contributed by atoms with Gasteiger partial charge in [0.1, 0.15) is 0 Å². The van der Waals surface area contributed by atoms with Crippen LogP contribution in [0.2, 0.25) is 0 Å². The molecular weight excluding hydrogens is 288 g/mol. The first kappa shape index (κ1) is 14.8. The molecule has 0 aromatic carbocycles. The molecule has 2 rings (SSSR count). The average Bonchev–Trinajstić information content (AvgIpc) is 2.89. The van der Waals surface area contributed by atoms with Gasteiger partial charge in [0.25, 0.3) is 0 Å². The molecule has 2 aliphatic rings. The predicted molar refractivity (Wildman–Crippen MR) is 81.3 cm³/mol. The molecule has 0 radical (unpaired) electrons. The van der Waals surface area contributed by atoms with Gasteiger partial charge in [0.05, 0.1) is 11.7 Å². The maximum Gasteiger partial charge on any atom is 0.0687 e. The molecule has 2 atom stereocenters. The molecule has 1 saturated heterocycles. The summed E-state index contributed by atoms with van der Waals surface area (Å²) in [6, 6.07) is 0. The van der Waals surface area contributed by atoms with Gasteiger partial charge in [-0.05, 0) is 50.4 Å². The van der Waals surface area contributed by atoms with Crippen molar-refractivity contribution < 1.29 is 4.74 Å². The number of hydrogen-bond acceptors (Lipinski definition) is 1. The Balaban J connectivity index is 1.66. The van der Waals surface area contributed by atoms with Gasteiger partial charge in [-0.1, -0.05) is 49.5 Å². The standard InChI is InChI=1S/C16H29BrO/c1-15(2,3)14(17)8-6-7-13-9-12-16(18-13)10-4-5-11-16/h13-14H,4-12H2,1-3H3. The maximum atomic E-state index is 6.36. The van der Waals surface area contributed by atoms with Gasteiger partial charge in [-0.15, -0.1) is 0 Å². The fourth-order valence-corrected chi connectivity index (χ4v) is 3.77. The smallest absolute Gasteiger partial charge is 0.0687 e. The molecule has 0 N–H and O–H groups in total. The van der Waals surface area contributed by atoms with Gasteiger partial charge in [-0.25, -0.2) is 0 Å². The Labute approximate surface area is 121 Å². The molecule has 1 heterocycles. The van der Waals surface area contributed by atoms with Gasteiger partial charge in [0, 0.05) is 4.83 Å². The second-order valence-corrected chi connectivity index (χ2v) is 8.54. The SMILES string of the molecule is CC(C)(C)C(Br)CCCC1CCC2(CCCC2)O1. The third kappa shape index (κ3) is 3.72. The van der Waals surface area contributed by atoms with E-state index in [1.807, 2.05) is 0 Å². The first-order chi connectivity index (χ1) is 8.41. The summed E-state index contributed by atoms with van der Waals surface area (Å²) in [5.74, 6) is 0. The number of ether oxygens (including phenoxy) is 1. The van der Waals surface area contributed by atoms with E-state index >= 15 is 0 Å². The minimum atomic E-state index is 0.322. The maximum absolute atomic E-state index is 6.36. The van der Waals surface area contributed by atoms with E-state index in [-0.39, 0.29) is 0 Å². The van der Waals surface area contributed by atoms with Gasteiger partial charge >= 0.3 is 0 Å². The van der Waals surface area contributed by atoms with Crippen LogP contribution in [0.3, 0.4) is 0 Å². The average molecular weight is 317 g/mol. The van der Waals surface area contributed by atoms with Crippen molar-refractivity contribution in [3.05, 3.63) is 0 Å². The monoisotopic (exact) mass is 316 g/mol. The summed E-state index contributed by atoms with van der Waals surface area (Å²) in [4.78, 5) is 0.631. The topological polar surface area (TPSA) is 9.23 Å². The molecule has 1 saturated carbocycles. The minimum absolute atomic E-state index is 0.322. The van der Waals surface area contributed by atoms with Crippen molar-refractivity contribution in [2.75, 3.05) is 0 Å². The Morgan fingerprint density at radius 1 is 1.22 bits per heavy atom. The highest BCUT2D eigenvalue weighted by Crippen LogP contribution is 2.44. The van der Waals surface area contributed by atoms with Crippen LogP contribution in [-0.2, 0) is 4.74 Å². The van der Waals surface area contributed by atoms with Crippen LogP contribution in [-0.4, -0.2) is 16.5 Å². The molecule has 2 fully saturated rings. The van der Waals surface area contributed by atoms with E-state index in [0.29, 0.717) is 21.9 Å². The first-order valence-corrected chi connectivity index (χ1v) is 8.65. The normalized spacial score (nSPS) is 29.0. The van der Waals surface area contributed by atoms with Crippen molar-refractivity contribution in [3.63, 3.8) is 0 Å². The predicted octanol–water partition coefficient (Wildman–Crippen LogP) is 5.46. The quantitative estimate of drug-likeness (QED) is 0.626. The van der Waals surface area contributed by atoms with E-state index in [1.54, 1.807) is 0 Å². The summed E-state index contributed by atoms with van der Waals surface area (Å²) in [7, 11) is 0. The summed E-state index contributed by atoms with van der Waals surface area (Å²) in [6.45, 7) is 6.93. The highest BCUT2D eigenvalue weighted by atomic mass is 79.9. The van der Waals surface area contributed by atoms with Crippen molar-refractivity contribution in [1.29, 1.82) is 0 Å². The molecule has 106 valence electrons. The minimum Gasteiger partial charge on any atom is -0.372 e. The van der Waals surface area contributed by atoms with Gasteiger partial charge in [0.15, 0.2) is 0 Å². The van der Waals surface area contributed by atoms with E-state index < -0.39 is 0 Å². The van der Waals surface area contributed by atoms with Gasteiger partial charge < -0.3 is 4.74 Å². The Kier molecular flexibility index (Phi) is 4.80. The summed E-state index contributed by atoms with van der Waals surface area (Å²) < 4.78 is 6.36. The van der Waals surface area contributed by atoms with E-state index in [0.717, 1.165) is 0 Å². The summed E-state index contributed by atoms with van der Waals surface area (Å²) in [6.07, 6.45) is 12.5. The number of hydrogen-bond donors (Lipinski definition) is 0. The fraction of sp³-hybridized carbons (Fsp3) is 1.00. The molecular formula is C16H29BrO. The number of halogens is 1. The lowest BCUT2D eigenvalue weighted by atomic mass is 9.89. The number of alkyl halides is 1. The molecule has 0 bridgehead atoms. The highest BCUT2D eigenvalue weighted by molar-refractivity contribution is 9.09. The fourth-order valence-electron chi connectivity index (χ4n) is 3.44. The Morgan fingerprint density at radius 3 is 2.50 bits per heavy atom. The molecule has 0 aromatic heterocycles. The second-order valence-electron chi connectivity index (χ2n) is 7.43. The van der Waals surface area contributed by atoms with Crippen molar-refractivity contribution in [2.45, 2.75) is 95.1 Å². The Bertz CT molecular complexity index is 263. The molecule has 0 aromatic rings. The second kappa shape index (κ2) is 5.83. The lowest BCUT2D eigenvalue weighted by Crippen LogP contribution is -2.25. The first-order valence-electron chi connectivity index (χ1n) is 7.73.